The number of unbranched alkanes of at least 4 members (excludes halogenated alkanes) is 35. The highest BCUT2D eigenvalue weighted by Gasteiger charge is 2.44. The van der Waals surface area contributed by atoms with Gasteiger partial charge < -0.3 is 45.1 Å². The fourth-order valence-electron chi connectivity index (χ4n) is 10.0. The minimum atomic E-state index is -1.58. The van der Waals surface area contributed by atoms with Crippen LogP contribution in [-0.4, -0.2) is 100 Å². The van der Waals surface area contributed by atoms with Gasteiger partial charge in [-0.15, -0.1) is 0 Å². The van der Waals surface area contributed by atoms with Crippen LogP contribution in [0.15, 0.2) is 60.8 Å². The van der Waals surface area contributed by atoms with E-state index in [0.717, 1.165) is 89.9 Å². The van der Waals surface area contributed by atoms with Gasteiger partial charge >= 0.3 is 5.97 Å². The molecule has 11 nitrogen and oxygen atoms in total. The third kappa shape index (κ3) is 45.0. The Morgan fingerprint density at radius 2 is 0.923 bits per heavy atom. The molecule has 1 heterocycles. The molecule has 1 rings (SSSR count). The molecule has 0 spiro atoms. The number of ether oxygens (including phenoxy) is 3. The lowest BCUT2D eigenvalue weighted by Gasteiger charge is -2.40. The van der Waals surface area contributed by atoms with E-state index in [-0.39, 0.29) is 18.5 Å². The number of aliphatic hydroxyl groups excluding tert-OH is 5. The lowest BCUT2D eigenvalue weighted by molar-refractivity contribution is -0.302. The van der Waals surface area contributed by atoms with E-state index in [0.29, 0.717) is 19.4 Å². The first kappa shape index (κ1) is 73.4. The molecule has 1 saturated heterocycles. The first-order valence-electron chi connectivity index (χ1n) is 32.5. The molecule has 1 aliphatic rings. The molecule has 0 radical (unpaired) electrons. The summed E-state index contributed by atoms with van der Waals surface area (Å²) in [6.07, 6.45) is 63.7. The number of carbonyl (C=O) groups excluding carboxylic acids is 2. The molecule has 0 saturated carbocycles. The zero-order chi connectivity index (χ0) is 56.6. The van der Waals surface area contributed by atoms with Gasteiger partial charge in [-0.3, -0.25) is 9.59 Å². The average Bonchev–Trinajstić information content (AvgIpc) is 3.44. The number of carbonyl (C=O) groups is 2. The molecule has 1 amide bonds. The van der Waals surface area contributed by atoms with Gasteiger partial charge in [0.1, 0.15) is 24.4 Å². The van der Waals surface area contributed by atoms with E-state index in [9.17, 15) is 35.1 Å². The average molecular weight is 1100 g/mol. The van der Waals surface area contributed by atoms with Crippen molar-refractivity contribution in [2.45, 2.75) is 333 Å². The highest BCUT2D eigenvalue weighted by atomic mass is 16.7. The van der Waals surface area contributed by atoms with Gasteiger partial charge in [-0.05, 0) is 84.0 Å². The Balaban J connectivity index is 1.98. The Hall–Kier alpha value is -2.64. The van der Waals surface area contributed by atoms with Crippen LogP contribution in [0.5, 0.6) is 0 Å². The second-order valence-electron chi connectivity index (χ2n) is 22.5. The van der Waals surface area contributed by atoms with Crippen molar-refractivity contribution in [3.05, 3.63) is 60.8 Å². The SMILES string of the molecule is C/C=C/CC/C=C/CC/C=C/C(O)C(COC1OC(CO)C(O)C(O)C1O)NC(=O)CCCCCCCCCCC/C=C\C/C=C\CCCCCCCCCCCOC(=O)CCCCCCCCCCCCCCCCCC. The second-order valence-corrected chi connectivity index (χ2v) is 22.5. The molecule has 1 fully saturated rings. The fourth-order valence-corrected chi connectivity index (χ4v) is 10.0. The molecule has 1 aliphatic heterocycles. The Morgan fingerprint density at radius 3 is 1.41 bits per heavy atom. The Labute approximate surface area is 478 Å². The van der Waals surface area contributed by atoms with E-state index in [1.165, 1.54) is 173 Å². The Bertz CT molecular complexity index is 1480. The number of rotatable bonds is 56. The van der Waals surface area contributed by atoms with E-state index in [1.54, 1.807) is 6.08 Å². The van der Waals surface area contributed by atoms with Crippen molar-refractivity contribution in [3.8, 4) is 0 Å². The molecule has 7 atom stereocenters. The van der Waals surface area contributed by atoms with Crippen molar-refractivity contribution in [1.29, 1.82) is 0 Å². The normalized spacial score (nSPS) is 18.9. The zero-order valence-electron chi connectivity index (χ0n) is 50.1. The summed E-state index contributed by atoms with van der Waals surface area (Å²) >= 11 is 0. The molecule has 454 valence electrons. The quantitative estimate of drug-likeness (QED) is 0.0195. The van der Waals surface area contributed by atoms with Gasteiger partial charge in [0.2, 0.25) is 5.91 Å². The molecule has 0 bridgehead atoms. The zero-order valence-corrected chi connectivity index (χ0v) is 50.1. The van der Waals surface area contributed by atoms with E-state index < -0.39 is 49.5 Å². The first-order chi connectivity index (χ1) is 38.2. The van der Waals surface area contributed by atoms with Crippen LogP contribution in [0, 0.1) is 0 Å². The molecule has 0 aliphatic carbocycles. The standard InChI is InChI=1S/C67H121NO10/c1-3-5-7-9-11-13-14-15-16-29-32-35-39-43-47-51-55-63(72)76-56-52-48-44-40-36-33-30-27-25-23-21-19-17-18-20-22-24-26-28-31-34-38-42-46-50-54-62(71)68-59(60(70)53-49-45-41-37-12-10-8-6-4-2)58-77-67-66(75)65(74)64(73)61(57-69)78-67/h4,6,12,18-21,37,49,53,59-61,64-67,69-70,73-75H,3,5,7-11,13-17,22-36,38-48,50-52,54-58H2,1-2H3,(H,68,71)/b6-4+,20-18-,21-19-,37-12+,53-49+. The van der Waals surface area contributed by atoms with Crippen molar-refractivity contribution in [2.75, 3.05) is 19.8 Å². The van der Waals surface area contributed by atoms with Crippen molar-refractivity contribution < 1.29 is 49.3 Å². The van der Waals surface area contributed by atoms with Crippen molar-refractivity contribution in [2.24, 2.45) is 0 Å². The molecular formula is C67H121NO10. The number of amides is 1. The summed E-state index contributed by atoms with van der Waals surface area (Å²) in [6.45, 7) is 4.09. The van der Waals surface area contributed by atoms with Crippen molar-refractivity contribution in [3.63, 3.8) is 0 Å². The number of aliphatic hydroxyl groups is 5. The smallest absolute Gasteiger partial charge is 0.305 e. The van der Waals surface area contributed by atoms with E-state index >= 15 is 0 Å². The predicted octanol–water partition coefficient (Wildman–Crippen LogP) is 15.8. The third-order valence-corrected chi connectivity index (χ3v) is 15.2. The van der Waals surface area contributed by atoms with E-state index in [4.69, 9.17) is 14.2 Å². The number of hydrogen-bond donors (Lipinski definition) is 6. The maximum absolute atomic E-state index is 13.0. The summed E-state index contributed by atoms with van der Waals surface area (Å²) in [5.41, 5.74) is 0. The van der Waals surface area contributed by atoms with Gasteiger partial charge in [0.15, 0.2) is 6.29 Å². The first-order valence-corrected chi connectivity index (χ1v) is 32.5. The maximum atomic E-state index is 13.0. The second kappa shape index (κ2) is 56.2. The lowest BCUT2D eigenvalue weighted by Crippen LogP contribution is -2.60. The molecule has 0 aromatic heterocycles. The number of nitrogens with one attached hydrogen (secondary N) is 1. The van der Waals surface area contributed by atoms with Crippen LogP contribution < -0.4 is 5.32 Å². The van der Waals surface area contributed by atoms with Crippen LogP contribution in [0.1, 0.15) is 290 Å². The van der Waals surface area contributed by atoms with Crippen LogP contribution in [0.3, 0.4) is 0 Å². The van der Waals surface area contributed by atoms with Gasteiger partial charge in [-0.1, -0.05) is 254 Å². The molecule has 78 heavy (non-hydrogen) atoms. The predicted molar refractivity (Wildman–Crippen MR) is 324 cm³/mol. The highest BCUT2D eigenvalue weighted by molar-refractivity contribution is 5.76. The number of hydrogen-bond acceptors (Lipinski definition) is 10. The topological polar surface area (TPSA) is 175 Å². The van der Waals surface area contributed by atoms with E-state index in [1.807, 2.05) is 19.1 Å². The summed E-state index contributed by atoms with van der Waals surface area (Å²) < 4.78 is 16.7. The Kier molecular flexibility index (Phi) is 52.9. The molecule has 0 aromatic rings. The van der Waals surface area contributed by atoms with Crippen molar-refractivity contribution >= 4 is 11.9 Å². The minimum absolute atomic E-state index is 0.000704. The highest BCUT2D eigenvalue weighted by Crippen LogP contribution is 2.23. The molecule has 7 unspecified atom stereocenters. The summed E-state index contributed by atoms with van der Waals surface area (Å²) in [5, 5.41) is 54.2. The van der Waals surface area contributed by atoms with Crippen LogP contribution in [0.25, 0.3) is 0 Å². The van der Waals surface area contributed by atoms with Crippen LogP contribution >= 0.6 is 0 Å². The monoisotopic (exact) mass is 1100 g/mol. The van der Waals surface area contributed by atoms with Crippen LogP contribution in [0.4, 0.5) is 0 Å². The molecular weight excluding hydrogens is 979 g/mol. The largest absolute Gasteiger partial charge is 0.466 e. The number of allylic oxidation sites excluding steroid dienone is 9. The van der Waals surface area contributed by atoms with Crippen LogP contribution in [0.2, 0.25) is 0 Å². The summed E-state index contributed by atoms with van der Waals surface area (Å²) in [6, 6.07) is -0.839. The lowest BCUT2D eigenvalue weighted by atomic mass is 9.99. The van der Waals surface area contributed by atoms with Crippen LogP contribution in [-0.2, 0) is 23.8 Å². The molecule has 0 aromatic carbocycles. The van der Waals surface area contributed by atoms with Gasteiger partial charge in [0.25, 0.3) is 0 Å². The summed E-state index contributed by atoms with van der Waals surface area (Å²) in [4.78, 5) is 25.1. The summed E-state index contributed by atoms with van der Waals surface area (Å²) in [5.74, 6) is -0.205. The summed E-state index contributed by atoms with van der Waals surface area (Å²) in [7, 11) is 0. The van der Waals surface area contributed by atoms with Gasteiger partial charge in [0.05, 0.1) is 32.0 Å². The van der Waals surface area contributed by atoms with E-state index in [2.05, 4.69) is 54.8 Å². The fraction of sp³-hybridized carbons (Fsp3) is 0.821. The molecule has 11 heteroatoms. The van der Waals surface area contributed by atoms with Gasteiger partial charge in [-0.25, -0.2) is 0 Å². The number of esters is 1. The van der Waals surface area contributed by atoms with Gasteiger partial charge in [0, 0.05) is 12.8 Å². The minimum Gasteiger partial charge on any atom is -0.466 e. The molecule has 6 N–H and O–H groups in total. The van der Waals surface area contributed by atoms with Gasteiger partial charge in [-0.2, -0.15) is 0 Å². The van der Waals surface area contributed by atoms with Crippen molar-refractivity contribution in [1.82, 2.24) is 5.32 Å². The maximum Gasteiger partial charge on any atom is 0.305 e. The Morgan fingerprint density at radius 1 is 0.500 bits per heavy atom. The third-order valence-electron chi connectivity index (χ3n) is 15.2.